The van der Waals surface area contributed by atoms with Crippen molar-refractivity contribution in [1.82, 2.24) is 19.8 Å². The van der Waals surface area contributed by atoms with E-state index in [1.807, 2.05) is 11.8 Å². The largest absolute Gasteiger partial charge is 0.494 e. The van der Waals surface area contributed by atoms with E-state index in [1.165, 1.54) is 19.5 Å². The van der Waals surface area contributed by atoms with Crippen molar-refractivity contribution in [3.63, 3.8) is 0 Å². The van der Waals surface area contributed by atoms with E-state index in [-0.39, 0.29) is 23.6 Å². The molecule has 2 atom stereocenters. The number of amides is 2. The zero-order valence-electron chi connectivity index (χ0n) is 14.9. The van der Waals surface area contributed by atoms with E-state index < -0.39 is 5.41 Å². The molecule has 2 amide bonds. The van der Waals surface area contributed by atoms with Crippen LogP contribution in [0, 0.1) is 11.3 Å². The van der Waals surface area contributed by atoms with Gasteiger partial charge in [-0.15, -0.1) is 0 Å². The van der Waals surface area contributed by atoms with Crippen LogP contribution < -0.4 is 4.74 Å². The van der Waals surface area contributed by atoms with Gasteiger partial charge in [0.05, 0.1) is 31.5 Å². The normalized spacial score (nSPS) is 25.9. The van der Waals surface area contributed by atoms with Gasteiger partial charge in [-0.1, -0.05) is 6.92 Å². The van der Waals surface area contributed by atoms with Crippen LogP contribution >= 0.6 is 0 Å². The van der Waals surface area contributed by atoms with Crippen LogP contribution in [0.4, 0.5) is 0 Å². The van der Waals surface area contributed by atoms with Gasteiger partial charge >= 0.3 is 0 Å². The van der Waals surface area contributed by atoms with Gasteiger partial charge in [-0.25, -0.2) is 9.97 Å². The Labute approximate surface area is 147 Å². The third kappa shape index (κ3) is 3.06. The van der Waals surface area contributed by atoms with Crippen molar-refractivity contribution in [2.45, 2.75) is 13.3 Å². The van der Waals surface area contributed by atoms with E-state index >= 15 is 0 Å². The van der Waals surface area contributed by atoms with E-state index in [0.29, 0.717) is 38.5 Å². The molecule has 8 heteroatoms. The summed E-state index contributed by atoms with van der Waals surface area (Å²) in [4.78, 5) is 37.3. The fourth-order valence-corrected chi connectivity index (χ4v) is 3.77. The summed E-state index contributed by atoms with van der Waals surface area (Å²) >= 11 is 0. The summed E-state index contributed by atoms with van der Waals surface area (Å²) in [6.07, 6.45) is 3.72. The number of carbonyl (C=O) groups excluding carboxylic acids is 2. The Kier molecular flexibility index (Phi) is 4.89. The topological polar surface area (TPSA) is 84.9 Å². The minimum Gasteiger partial charge on any atom is -0.494 e. The second-order valence-electron chi connectivity index (χ2n) is 6.72. The minimum absolute atomic E-state index is 0.106. The smallest absolute Gasteiger partial charge is 0.291 e. The average Bonchev–Trinajstić information content (AvgIpc) is 3.14. The SMILES string of the molecule is COCCN1CC[C@]2(CN(C(=O)c3ncc(OC)cn3)C[C@H]2C)C1=O. The number of methoxy groups -OCH3 is 2. The Balaban J connectivity index is 1.72. The summed E-state index contributed by atoms with van der Waals surface area (Å²) < 4.78 is 10.1. The predicted molar refractivity (Wildman–Crippen MR) is 89.2 cm³/mol. The Bertz CT molecular complexity index is 651. The van der Waals surface area contributed by atoms with Gasteiger partial charge in [-0.3, -0.25) is 9.59 Å². The van der Waals surface area contributed by atoms with E-state index in [4.69, 9.17) is 9.47 Å². The summed E-state index contributed by atoms with van der Waals surface area (Å²) in [5.74, 6) is 0.626. The summed E-state index contributed by atoms with van der Waals surface area (Å²) in [7, 11) is 3.15. The average molecular weight is 348 g/mol. The molecule has 2 fully saturated rings. The molecular weight excluding hydrogens is 324 g/mol. The number of likely N-dealkylation sites (tertiary alicyclic amines) is 2. The molecule has 25 heavy (non-hydrogen) atoms. The lowest BCUT2D eigenvalue weighted by Crippen LogP contribution is -2.41. The Hall–Kier alpha value is -2.22. The van der Waals surface area contributed by atoms with Gasteiger partial charge in [0.2, 0.25) is 11.7 Å². The van der Waals surface area contributed by atoms with E-state index in [2.05, 4.69) is 9.97 Å². The first kappa shape index (κ1) is 17.6. The number of nitrogens with zero attached hydrogens (tertiary/aromatic N) is 4. The molecule has 2 saturated heterocycles. The number of hydrogen-bond donors (Lipinski definition) is 0. The third-order valence-electron chi connectivity index (χ3n) is 5.36. The minimum atomic E-state index is -0.490. The van der Waals surface area contributed by atoms with Crippen LogP contribution in [0.3, 0.4) is 0 Å². The first-order chi connectivity index (χ1) is 12.0. The van der Waals surface area contributed by atoms with Gasteiger partial charge in [0, 0.05) is 33.3 Å². The van der Waals surface area contributed by atoms with Crippen molar-refractivity contribution in [2.24, 2.45) is 11.3 Å². The second-order valence-corrected chi connectivity index (χ2v) is 6.72. The first-order valence-corrected chi connectivity index (χ1v) is 8.45. The molecule has 1 aromatic rings. The molecule has 1 aromatic heterocycles. The van der Waals surface area contributed by atoms with E-state index in [0.717, 1.165) is 6.42 Å². The van der Waals surface area contributed by atoms with Crippen LogP contribution in [-0.2, 0) is 9.53 Å². The van der Waals surface area contributed by atoms with Gasteiger partial charge in [0.1, 0.15) is 0 Å². The highest BCUT2D eigenvalue weighted by Gasteiger charge is 2.55. The van der Waals surface area contributed by atoms with Crippen LogP contribution in [0.2, 0.25) is 0 Å². The molecule has 1 spiro atoms. The standard InChI is InChI=1S/C17H24N4O4/c1-12-10-21(15(22)14-18-8-13(25-3)9-19-14)11-17(12)4-5-20(16(17)23)6-7-24-2/h8-9,12H,4-7,10-11H2,1-3H3/t12-,17-/m1/s1. The number of rotatable bonds is 5. The van der Waals surface area contributed by atoms with Crippen molar-refractivity contribution < 1.29 is 19.1 Å². The van der Waals surface area contributed by atoms with E-state index in [9.17, 15) is 9.59 Å². The molecule has 0 N–H and O–H groups in total. The van der Waals surface area contributed by atoms with Crippen molar-refractivity contribution in [3.05, 3.63) is 18.2 Å². The summed E-state index contributed by atoms with van der Waals surface area (Å²) in [5, 5.41) is 0. The Morgan fingerprint density at radius 2 is 2.08 bits per heavy atom. The molecule has 3 heterocycles. The van der Waals surface area contributed by atoms with Crippen molar-refractivity contribution in [3.8, 4) is 5.75 Å². The van der Waals surface area contributed by atoms with Gasteiger partial charge < -0.3 is 19.3 Å². The van der Waals surface area contributed by atoms with Crippen molar-refractivity contribution in [1.29, 1.82) is 0 Å². The van der Waals surface area contributed by atoms with E-state index in [1.54, 1.807) is 12.0 Å². The number of ether oxygens (including phenoxy) is 2. The lowest BCUT2D eigenvalue weighted by Gasteiger charge is -2.26. The number of aromatic nitrogens is 2. The monoisotopic (exact) mass is 348 g/mol. The highest BCUT2D eigenvalue weighted by atomic mass is 16.5. The second kappa shape index (κ2) is 6.95. The maximum atomic E-state index is 12.9. The van der Waals surface area contributed by atoms with Crippen LogP contribution in [0.15, 0.2) is 12.4 Å². The van der Waals surface area contributed by atoms with Crippen molar-refractivity contribution >= 4 is 11.8 Å². The molecule has 8 nitrogen and oxygen atoms in total. The molecule has 136 valence electrons. The highest BCUT2D eigenvalue weighted by Crippen LogP contribution is 2.44. The van der Waals surface area contributed by atoms with Crippen LogP contribution in [0.5, 0.6) is 5.75 Å². The molecule has 0 aromatic carbocycles. The maximum Gasteiger partial charge on any atom is 0.291 e. The fourth-order valence-electron chi connectivity index (χ4n) is 3.77. The van der Waals surface area contributed by atoms with Crippen LogP contribution in [-0.4, -0.2) is 78.6 Å². The third-order valence-corrected chi connectivity index (χ3v) is 5.36. The molecule has 2 aliphatic heterocycles. The lowest BCUT2D eigenvalue weighted by molar-refractivity contribution is -0.137. The predicted octanol–water partition coefficient (Wildman–Crippen LogP) is 0.442. The lowest BCUT2D eigenvalue weighted by atomic mass is 9.78. The molecule has 0 saturated carbocycles. The van der Waals surface area contributed by atoms with Gasteiger partial charge in [0.25, 0.3) is 5.91 Å². The van der Waals surface area contributed by atoms with Gasteiger partial charge in [0.15, 0.2) is 5.75 Å². The van der Waals surface area contributed by atoms with Crippen LogP contribution in [0.1, 0.15) is 24.0 Å². The zero-order valence-corrected chi connectivity index (χ0v) is 14.9. The van der Waals surface area contributed by atoms with Crippen LogP contribution in [0.25, 0.3) is 0 Å². The summed E-state index contributed by atoms with van der Waals surface area (Å²) in [5.41, 5.74) is -0.490. The van der Waals surface area contributed by atoms with Gasteiger partial charge in [-0.05, 0) is 12.3 Å². The molecule has 0 aliphatic carbocycles. The molecule has 0 bridgehead atoms. The number of carbonyl (C=O) groups is 2. The Morgan fingerprint density at radius 1 is 1.36 bits per heavy atom. The molecule has 0 unspecified atom stereocenters. The highest BCUT2D eigenvalue weighted by molar-refractivity contribution is 5.93. The molecule has 2 aliphatic rings. The Morgan fingerprint density at radius 3 is 2.72 bits per heavy atom. The summed E-state index contributed by atoms with van der Waals surface area (Å²) in [6.45, 7) is 4.84. The quantitative estimate of drug-likeness (QED) is 0.768. The molecule has 3 rings (SSSR count). The first-order valence-electron chi connectivity index (χ1n) is 8.45. The maximum absolute atomic E-state index is 12.9. The number of hydrogen-bond acceptors (Lipinski definition) is 6. The molecular formula is C17H24N4O4. The zero-order chi connectivity index (χ0) is 18.0. The van der Waals surface area contributed by atoms with Crippen molar-refractivity contribution in [2.75, 3.05) is 47.0 Å². The van der Waals surface area contributed by atoms with Gasteiger partial charge in [-0.2, -0.15) is 0 Å². The summed E-state index contributed by atoms with van der Waals surface area (Å²) in [6, 6.07) is 0. The molecule has 0 radical (unpaired) electrons. The fraction of sp³-hybridized carbons (Fsp3) is 0.647.